The quantitative estimate of drug-likeness (QED) is 0.360. The van der Waals surface area contributed by atoms with Gasteiger partial charge >= 0.3 is 0 Å². The van der Waals surface area contributed by atoms with Crippen molar-refractivity contribution in [2.24, 2.45) is 0 Å². The minimum atomic E-state index is -1.04. The first-order valence-electron chi connectivity index (χ1n) is 11.3. The molecule has 2 aliphatic heterocycles. The number of pyridine rings is 2. The SMILES string of the molecule is CC(C)(O)c1ccc(-c2cc3c(n4cnnc24)NCc2c(F)ccc4c2[C@@H](CO4)CO3)cn1.O=CO. The van der Waals surface area contributed by atoms with E-state index in [0.717, 1.165) is 16.7 Å². The maximum atomic E-state index is 14.7. The van der Waals surface area contributed by atoms with Crippen LogP contribution in [0.15, 0.2) is 42.9 Å². The minimum absolute atomic E-state index is 0.0637. The molecule has 0 saturated heterocycles. The van der Waals surface area contributed by atoms with E-state index in [1.54, 1.807) is 42.9 Å². The molecule has 0 unspecified atom stereocenters. The predicted molar refractivity (Wildman–Crippen MR) is 128 cm³/mol. The van der Waals surface area contributed by atoms with Gasteiger partial charge in [0.1, 0.15) is 23.5 Å². The third kappa shape index (κ3) is 4.07. The van der Waals surface area contributed by atoms with Crippen molar-refractivity contribution in [3.05, 3.63) is 65.5 Å². The summed E-state index contributed by atoms with van der Waals surface area (Å²) in [5.41, 5.74) is 3.20. The molecular weight excluding hydrogens is 469 g/mol. The number of rotatable bonds is 2. The summed E-state index contributed by atoms with van der Waals surface area (Å²) in [6.07, 6.45) is 3.30. The Balaban J connectivity index is 0.000000848. The van der Waals surface area contributed by atoms with E-state index in [0.29, 0.717) is 47.4 Å². The molecule has 10 nitrogen and oxygen atoms in total. The van der Waals surface area contributed by atoms with Crippen LogP contribution in [-0.4, -0.2) is 49.5 Å². The topological polar surface area (TPSA) is 131 Å². The monoisotopic (exact) mass is 493 g/mol. The number of nitrogens with one attached hydrogen (secondary N) is 1. The van der Waals surface area contributed by atoms with Gasteiger partial charge in [0.15, 0.2) is 17.2 Å². The van der Waals surface area contributed by atoms with Crippen LogP contribution in [0.1, 0.15) is 36.6 Å². The van der Waals surface area contributed by atoms with Gasteiger partial charge in [0.05, 0.1) is 24.8 Å². The van der Waals surface area contributed by atoms with Gasteiger partial charge in [-0.2, -0.15) is 0 Å². The largest absolute Gasteiger partial charge is 0.493 e. The molecule has 0 radical (unpaired) electrons. The fraction of sp³-hybridized carbons (Fsp3) is 0.280. The Bertz CT molecular complexity index is 1430. The number of aromatic nitrogens is 4. The zero-order valence-corrected chi connectivity index (χ0v) is 19.6. The fourth-order valence-electron chi connectivity index (χ4n) is 4.51. The van der Waals surface area contributed by atoms with Crippen LogP contribution in [-0.2, 0) is 16.9 Å². The maximum Gasteiger partial charge on any atom is 0.290 e. The van der Waals surface area contributed by atoms with Gasteiger partial charge in [0, 0.05) is 35.0 Å². The average molecular weight is 493 g/mol. The van der Waals surface area contributed by atoms with Crippen LogP contribution in [0.4, 0.5) is 10.2 Å². The Morgan fingerprint density at radius 2 is 1.94 bits per heavy atom. The Morgan fingerprint density at radius 1 is 1.19 bits per heavy atom. The molecule has 3 aromatic heterocycles. The molecule has 0 spiro atoms. The van der Waals surface area contributed by atoms with Gasteiger partial charge in [-0.05, 0) is 38.1 Å². The van der Waals surface area contributed by atoms with Crippen molar-refractivity contribution < 1.29 is 28.9 Å². The molecule has 0 aliphatic carbocycles. The van der Waals surface area contributed by atoms with Crippen LogP contribution >= 0.6 is 0 Å². The van der Waals surface area contributed by atoms with Crippen LogP contribution in [0.5, 0.6) is 11.5 Å². The van der Waals surface area contributed by atoms with Gasteiger partial charge in [-0.25, -0.2) is 4.39 Å². The number of fused-ring (bicyclic) bond motifs is 3. The number of anilines is 1. The molecule has 3 N–H and O–H groups in total. The lowest BCUT2D eigenvalue weighted by atomic mass is 9.96. The molecular formula is C25H24FN5O5. The Kier molecular flexibility index (Phi) is 5.92. The zero-order chi connectivity index (χ0) is 25.4. The van der Waals surface area contributed by atoms with Crippen molar-refractivity contribution in [1.29, 1.82) is 0 Å². The van der Waals surface area contributed by atoms with Gasteiger partial charge in [0.2, 0.25) is 0 Å². The van der Waals surface area contributed by atoms with Crippen molar-refractivity contribution in [1.82, 2.24) is 19.6 Å². The van der Waals surface area contributed by atoms with E-state index in [1.807, 2.05) is 12.1 Å². The fourth-order valence-corrected chi connectivity index (χ4v) is 4.51. The Labute approximate surface area is 205 Å². The third-order valence-electron chi connectivity index (χ3n) is 6.22. The zero-order valence-electron chi connectivity index (χ0n) is 19.6. The summed E-state index contributed by atoms with van der Waals surface area (Å²) in [4.78, 5) is 12.8. The lowest BCUT2D eigenvalue weighted by Crippen LogP contribution is -2.17. The van der Waals surface area contributed by atoms with Crippen LogP contribution < -0.4 is 14.8 Å². The predicted octanol–water partition coefficient (Wildman–Crippen LogP) is 3.34. The van der Waals surface area contributed by atoms with Crippen molar-refractivity contribution in [3.63, 3.8) is 0 Å². The van der Waals surface area contributed by atoms with E-state index in [1.165, 1.54) is 6.07 Å². The van der Waals surface area contributed by atoms with E-state index in [-0.39, 0.29) is 24.8 Å². The van der Waals surface area contributed by atoms with Crippen molar-refractivity contribution >= 4 is 17.9 Å². The first-order valence-corrected chi connectivity index (χ1v) is 11.3. The van der Waals surface area contributed by atoms with Gasteiger partial charge in [-0.1, -0.05) is 6.07 Å². The molecule has 1 atom stereocenters. The standard InChI is InChI=1S/C24H22FN5O3.CH2O2/c1-24(2,31)20-6-3-13(8-26-20)15-7-19-23(30-12-28-29-22(15)30)27-9-16-17(25)4-5-18-21(16)14(10-32-18)11-33-19;2-1-3/h3-8,12,14,27,31H,9-11H2,1-2H3;1H,(H,2,3)/t14-;/m0./s1. The van der Waals surface area contributed by atoms with Gasteiger partial charge in [-0.3, -0.25) is 14.2 Å². The van der Waals surface area contributed by atoms with Crippen LogP contribution in [0, 0.1) is 5.82 Å². The summed E-state index contributed by atoms with van der Waals surface area (Å²) < 4.78 is 28.6. The van der Waals surface area contributed by atoms with E-state index in [2.05, 4.69) is 20.5 Å². The lowest BCUT2D eigenvalue weighted by Gasteiger charge is -2.18. The second kappa shape index (κ2) is 9.08. The van der Waals surface area contributed by atoms with E-state index in [9.17, 15) is 9.50 Å². The van der Waals surface area contributed by atoms with Gasteiger partial charge < -0.3 is 25.0 Å². The second-order valence-corrected chi connectivity index (χ2v) is 9.00. The van der Waals surface area contributed by atoms with Crippen LogP contribution in [0.2, 0.25) is 0 Å². The number of aliphatic hydroxyl groups is 1. The number of halogens is 1. The molecule has 5 heterocycles. The molecule has 0 saturated carbocycles. The summed E-state index contributed by atoms with van der Waals surface area (Å²) in [6.45, 7) is 4.21. The number of hydrogen-bond donors (Lipinski definition) is 3. The maximum absolute atomic E-state index is 14.7. The average Bonchev–Trinajstić information content (AvgIpc) is 3.50. The summed E-state index contributed by atoms with van der Waals surface area (Å²) >= 11 is 0. The molecule has 36 heavy (non-hydrogen) atoms. The first kappa shape index (κ1) is 23.5. The first-order chi connectivity index (χ1) is 17.3. The highest BCUT2D eigenvalue weighted by molar-refractivity contribution is 5.81. The van der Waals surface area contributed by atoms with E-state index < -0.39 is 5.60 Å². The normalized spacial score (nSPS) is 16.1. The van der Waals surface area contributed by atoms with Crippen molar-refractivity contribution in [2.75, 3.05) is 18.5 Å². The number of hydrogen-bond acceptors (Lipinski definition) is 8. The van der Waals surface area contributed by atoms with Gasteiger partial charge in [-0.15, -0.1) is 10.2 Å². The number of carbonyl (C=O) groups is 1. The molecule has 0 amide bonds. The summed E-state index contributed by atoms with van der Waals surface area (Å²) in [7, 11) is 0. The Morgan fingerprint density at radius 3 is 2.64 bits per heavy atom. The van der Waals surface area contributed by atoms with Crippen molar-refractivity contribution in [3.8, 4) is 22.6 Å². The number of carboxylic acid groups (broad SMARTS) is 1. The highest BCUT2D eigenvalue weighted by Gasteiger charge is 2.31. The highest BCUT2D eigenvalue weighted by atomic mass is 19.1. The second-order valence-electron chi connectivity index (χ2n) is 9.00. The highest BCUT2D eigenvalue weighted by Crippen LogP contribution is 2.41. The van der Waals surface area contributed by atoms with Crippen LogP contribution in [0.3, 0.4) is 0 Å². The molecule has 0 bridgehead atoms. The summed E-state index contributed by atoms with van der Waals surface area (Å²) in [5.74, 6) is 1.63. The number of nitrogens with zero attached hydrogens (tertiary/aromatic N) is 4. The molecule has 4 aromatic rings. The number of benzene rings is 1. The van der Waals surface area contributed by atoms with Crippen molar-refractivity contribution in [2.45, 2.75) is 31.9 Å². The van der Waals surface area contributed by atoms with E-state index in [4.69, 9.17) is 19.4 Å². The molecule has 6 rings (SSSR count). The van der Waals surface area contributed by atoms with E-state index >= 15 is 0 Å². The summed E-state index contributed by atoms with van der Waals surface area (Å²) in [5, 5.41) is 28.8. The molecule has 186 valence electrons. The lowest BCUT2D eigenvalue weighted by molar-refractivity contribution is -0.122. The van der Waals surface area contributed by atoms with Crippen LogP contribution in [0.25, 0.3) is 16.8 Å². The minimum Gasteiger partial charge on any atom is -0.493 e. The molecule has 11 heteroatoms. The van der Waals surface area contributed by atoms with Gasteiger partial charge in [0.25, 0.3) is 6.47 Å². The third-order valence-corrected chi connectivity index (χ3v) is 6.22. The molecule has 1 aromatic carbocycles. The summed E-state index contributed by atoms with van der Waals surface area (Å²) in [6, 6.07) is 8.71. The molecule has 2 aliphatic rings. The smallest absolute Gasteiger partial charge is 0.290 e. The Hall–Kier alpha value is -4.25. The number of ether oxygens (including phenoxy) is 2. The molecule has 0 fully saturated rings.